The molecule has 2 aromatic rings. The number of azide groups is 1. The predicted molar refractivity (Wildman–Crippen MR) is 126 cm³/mol. The fourth-order valence-corrected chi connectivity index (χ4v) is 4.30. The van der Waals surface area contributed by atoms with E-state index in [-0.39, 0.29) is 0 Å². The monoisotopic (exact) mass is 424 g/mol. The van der Waals surface area contributed by atoms with Gasteiger partial charge in [0.2, 0.25) is 0 Å². The molecule has 0 saturated heterocycles. The van der Waals surface area contributed by atoms with Crippen LogP contribution in [0.1, 0.15) is 37.8 Å². The van der Waals surface area contributed by atoms with Crippen LogP contribution in [0.4, 0.5) is 0 Å². The molecule has 0 N–H and O–H groups in total. The van der Waals surface area contributed by atoms with Crippen LogP contribution < -0.4 is 9.57 Å². The molecular formula is C22H27N5O2P+. The zero-order chi connectivity index (χ0) is 22.0. The molecule has 0 aliphatic heterocycles. The second-order valence-corrected chi connectivity index (χ2v) is 9.09. The van der Waals surface area contributed by atoms with Crippen LogP contribution in [-0.4, -0.2) is 29.7 Å². The maximum Gasteiger partial charge on any atom is 0.283 e. The molecule has 0 aliphatic rings. The second-order valence-electron chi connectivity index (χ2n) is 6.77. The van der Waals surface area contributed by atoms with Crippen LogP contribution in [0.15, 0.2) is 65.5 Å². The molecule has 30 heavy (non-hydrogen) atoms. The van der Waals surface area contributed by atoms with E-state index < -0.39 is 13.0 Å². The SMILES string of the molecule is C=Cc1ccc(OC(C)(CCC)[P+](=C)N(C)/N=C/c2ccc(ON=[N+]=[N-])cc2)cc1. The van der Waals surface area contributed by atoms with Crippen LogP contribution in [0.2, 0.25) is 0 Å². The fraction of sp³-hybridized carbons (Fsp3) is 0.273. The van der Waals surface area contributed by atoms with Gasteiger partial charge in [0.15, 0.2) is 0 Å². The van der Waals surface area contributed by atoms with E-state index in [1.807, 2.05) is 48.2 Å². The molecular weight excluding hydrogens is 397 g/mol. The van der Waals surface area contributed by atoms with E-state index in [9.17, 15) is 0 Å². The molecule has 0 amide bonds. The van der Waals surface area contributed by atoms with Gasteiger partial charge in [0.1, 0.15) is 23.1 Å². The van der Waals surface area contributed by atoms with Gasteiger partial charge >= 0.3 is 0 Å². The predicted octanol–water partition coefficient (Wildman–Crippen LogP) is 6.62. The van der Waals surface area contributed by atoms with Gasteiger partial charge in [0.25, 0.3) is 13.0 Å². The zero-order valence-corrected chi connectivity index (χ0v) is 18.5. The van der Waals surface area contributed by atoms with Gasteiger partial charge in [-0.3, -0.25) is 0 Å². The molecule has 0 radical (unpaired) electrons. The molecule has 0 aromatic heterocycles. The summed E-state index contributed by atoms with van der Waals surface area (Å²) in [6.45, 7) is 8.00. The molecule has 2 atom stereocenters. The van der Waals surface area contributed by atoms with Gasteiger partial charge in [0.05, 0.1) is 13.3 Å². The second kappa shape index (κ2) is 11.1. The third-order valence-corrected chi connectivity index (χ3v) is 6.71. The van der Waals surface area contributed by atoms with E-state index >= 15 is 0 Å². The van der Waals surface area contributed by atoms with Crippen molar-refractivity contribution >= 4 is 26.3 Å². The van der Waals surface area contributed by atoms with Gasteiger partial charge in [-0.15, -0.1) is 9.88 Å². The normalized spacial score (nSPS) is 13.1. The van der Waals surface area contributed by atoms with E-state index in [4.69, 9.17) is 15.1 Å². The summed E-state index contributed by atoms with van der Waals surface area (Å²) in [6, 6.07) is 14.9. The summed E-state index contributed by atoms with van der Waals surface area (Å²) in [5.41, 5.74) is 10.2. The van der Waals surface area contributed by atoms with Crippen LogP contribution in [0, 0.1) is 0 Å². The first-order valence-electron chi connectivity index (χ1n) is 9.53. The Balaban J connectivity index is 2.11. The van der Waals surface area contributed by atoms with Gasteiger partial charge in [-0.2, -0.15) is 0 Å². The molecule has 0 heterocycles. The molecule has 7 nitrogen and oxygen atoms in total. The van der Waals surface area contributed by atoms with Gasteiger partial charge in [0, 0.05) is 18.3 Å². The lowest BCUT2D eigenvalue weighted by molar-refractivity contribution is 0.164. The van der Waals surface area contributed by atoms with Crippen LogP contribution in [0.25, 0.3) is 16.5 Å². The molecule has 2 unspecified atom stereocenters. The summed E-state index contributed by atoms with van der Waals surface area (Å²) in [4.78, 5) is 7.40. The average Bonchev–Trinajstić information content (AvgIpc) is 2.76. The van der Waals surface area contributed by atoms with Crippen LogP contribution in [-0.2, 0) is 0 Å². The quantitative estimate of drug-likeness (QED) is 0.101. The van der Waals surface area contributed by atoms with Crippen molar-refractivity contribution in [3.05, 3.63) is 76.7 Å². The fourth-order valence-electron chi connectivity index (χ4n) is 2.82. The van der Waals surface area contributed by atoms with Crippen molar-refractivity contribution in [3.63, 3.8) is 0 Å². The number of hydrazone groups is 1. The van der Waals surface area contributed by atoms with Crippen LogP contribution >= 0.6 is 7.70 Å². The maximum atomic E-state index is 8.29. The molecule has 8 heteroatoms. The number of rotatable bonds is 11. The van der Waals surface area contributed by atoms with Crippen molar-refractivity contribution in [2.45, 2.75) is 32.0 Å². The first-order chi connectivity index (χ1) is 14.4. The maximum absolute atomic E-state index is 8.29. The topological polar surface area (TPSA) is 82.8 Å². The highest BCUT2D eigenvalue weighted by Crippen LogP contribution is 2.45. The van der Waals surface area contributed by atoms with Crippen molar-refractivity contribution < 1.29 is 9.57 Å². The van der Waals surface area contributed by atoms with E-state index in [1.54, 1.807) is 24.4 Å². The lowest BCUT2D eigenvalue weighted by Crippen LogP contribution is -2.31. The summed E-state index contributed by atoms with van der Waals surface area (Å²) in [7, 11) is 0.934. The highest BCUT2D eigenvalue weighted by Gasteiger charge is 2.43. The molecule has 2 aromatic carbocycles. The average molecular weight is 424 g/mol. The first kappa shape index (κ1) is 23.0. The smallest absolute Gasteiger partial charge is 0.283 e. The number of nitrogens with zero attached hydrogens (tertiary/aromatic N) is 5. The summed E-state index contributed by atoms with van der Waals surface area (Å²) < 4.78 is 8.26. The minimum atomic E-state index is -0.975. The minimum absolute atomic E-state index is 0.459. The summed E-state index contributed by atoms with van der Waals surface area (Å²) in [5.74, 6) is 1.27. The van der Waals surface area contributed by atoms with Crippen molar-refractivity contribution in [3.8, 4) is 11.5 Å². The first-order valence-corrected chi connectivity index (χ1v) is 11.0. The third-order valence-electron chi connectivity index (χ3n) is 4.50. The lowest BCUT2D eigenvalue weighted by Gasteiger charge is -2.26. The molecule has 0 aliphatic carbocycles. The molecule has 0 spiro atoms. The van der Waals surface area contributed by atoms with Crippen molar-refractivity contribution in [1.29, 1.82) is 0 Å². The Hall–Kier alpha value is -3.27. The lowest BCUT2D eigenvalue weighted by atomic mass is 10.2. The Labute approximate surface area is 178 Å². The van der Waals surface area contributed by atoms with E-state index in [1.165, 1.54) is 0 Å². The summed E-state index contributed by atoms with van der Waals surface area (Å²) in [5, 5.41) is 7.17. The van der Waals surface area contributed by atoms with Gasteiger partial charge in [-0.05, 0) is 59.5 Å². The highest BCUT2D eigenvalue weighted by molar-refractivity contribution is 7.54. The van der Waals surface area contributed by atoms with E-state index in [0.29, 0.717) is 5.75 Å². The van der Waals surface area contributed by atoms with Crippen molar-refractivity contribution in [2.24, 2.45) is 10.4 Å². The summed E-state index contributed by atoms with van der Waals surface area (Å²) in [6.07, 6.45) is 9.78. The third kappa shape index (κ3) is 6.38. The number of benzene rings is 2. The Bertz CT molecular complexity index is 937. The molecule has 2 rings (SSSR count). The number of hydrogen-bond donors (Lipinski definition) is 0. The number of hydrogen-bond acceptors (Lipinski definition) is 5. The Morgan fingerprint density at radius 2 is 1.73 bits per heavy atom. The Morgan fingerprint density at radius 3 is 2.30 bits per heavy atom. The molecule has 0 fully saturated rings. The van der Waals surface area contributed by atoms with Gasteiger partial charge in [-0.25, -0.2) is 0 Å². The van der Waals surface area contributed by atoms with E-state index in [2.05, 4.69) is 42.0 Å². The molecule has 0 bridgehead atoms. The van der Waals surface area contributed by atoms with Crippen molar-refractivity contribution in [2.75, 3.05) is 7.05 Å². The zero-order valence-electron chi connectivity index (χ0n) is 17.6. The highest BCUT2D eigenvalue weighted by atomic mass is 31.1. The molecule has 156 valence electrons. The Morgan fingerprint density at radius 1 is 1.13 bits per heavy atom. The van der Waals surface area contributed by atoms with Gasteiger partial charge in [-0.1, -0.05) is 31.7 Å². The standard InChI is InChI=1S/C22H27N5O2P/c1-6-16-22(3,28-20-12-8-18(7-2)9-13-20)30(5)27(4)24-17-19-10-14-21(15-11-19)29-26-25-23/h7-15,17H,2,5-6,16H2,1,3-4H3/q+1/b24-17+. The minimum Gasteiger partial charge on any atom is -0.446 e. The molecule has 0 saturated carbocycles. The van der Waals surface area contributed by atoms with Crippen LogP contribution in [0.3, 0.4) is 0 Å². The van der Waals surface area contributed by atoms with Crippen LogP contribution in [0.5, 0.6) is 11.5 Å². The Kier molecular flexibility index (Phi) is 8.48. The van der Waals surface area contributed by atoms with Gasteiger partial charge < -0.3 is 9.57 Å². The number of ether oxygens (including phenoxy) is 1. The van der Waals surface area contributed by atoms with E-state index in [0.717, 1.165) is 29.7 Å². The largest absolute Gasteiger partial charge is 0.446 e. The van der Waals surface area contributed by atoms with Crippen molar-refractivity contribution in [1.82, 2.24) is 4.78 Å². The summed E-state index contributed by atoms with van der Waals surface area (Å²) >= 11 is 0.